The molecule has 0 aliphatic carbocycles. The van der Waals surface area contributed by atoms with Crippen molar-refractivity contribution in [2.45, 2.75) is 302 Å². The SMILES string of the molecule is CCCCC/C=C\C/C=C\C/C=C\CCCCCCC(=O)OC(CCCCCCCCCCCCC)CC(=O)NC(CO)C(O)CCCCCCCCCCCCCCCCC. The first kappa shape index (κ1) is 60.1. The number of ether oxygens (including phenoxy) is 1. The fourth-order valence-corrected chi connectivity index (χ4v) is 8.32. The molecule has 0 spiro atoms. The van der Waals surface area contributed by atoms with Crippen LogP contribution in [0.5, 0.6) is 0 Å². The van der Waals surface area contributed by atoms with Crippen molar-refractivity contribution < 1.29 is 24.5 Å². The number of esters is 1. The van der Waals surface area contributed by atoms with Gasteiger partial charge in [-0.2, -0.15) is 0 Å². The molecule has 6 nitrogen and oxygen atoms in total. The minimum Gasteiger partial charge on any atom is -0.462 e. The Morgan fingerprint density at radius 1 is 0.468 bits per heavy atom. The van der Waals surface area contributed by atoms with Crippen LogP contribution >= 0.6 is 0 Å². The molecule has 3 atom stereocenters. The van der Waals surface area contributed by atoms with E-state index < -0.39 is 18.2 Å². The van der Waals surface area contributed by atoms with Gasteiger partial charge in [0.15, 0.2) is 0 Å². The van der Waals surface area contributed by atoms with Gasteiger partial charge in [-0.3, -0.25) is 9.59 Å². The maximum atomic E-state index is 13.2. The van der Waals surface area contributed by atoms with Gasteiger partial charge >= 0.3 is 5.97 Å². The smallest absolute Gasteiger partial charge is 0.306 e. The van der Waals surface area contributed by atoms with Crippen molar-refractivity contribution in [3.63, 3.8) is 0 Å². The third kappa shape index (κ3) is 44.7. The van der Waals surface area contributed by atoms with Crippen LogP contribution in [-0.2, 0) is 14.3 Å². The van der Waals surface area contributed by atoms with Gasteiger partial charge in [-0.15, -0.1) is 0 Å². The largest absolute Gasteiger partial charge is 0.462 e. The maximum Gasteiger partial charge on any atom is 0.306 e. The van der Waals surface area contributed by atoms with E-state index in [4.69, 9.17) is 4.74 Å². The Morgan fingerprint density at radius 3 is 1.27 bits per heavy atom. The third-order valence-corrected chi connectivity index (χ3v) is 12.5. The number of aliphatic hydroxyl groups is 2. The lowest BCUT2D eigenvalue weighted by Gasteiger charge is -2.24. The van der Waals surface area contributed by atoms with Crippen LogP contribution in [0, 0.1) is 0 Å². The van der Waals surface area contributed by atoms with E-state index in [0.29, 0.717) is 19.3 Å². The first-order valence-corrected chi connectivity index (χ1v) is 27.2. The van der Waals surface area contributed by atoms with Crippen molar-refractivity contribution in [3.8, 4) is 0 Å². The van der Waals surface area contributed by atoms with E-state index in [1.807, 2.05) is 0 Å². The van der Waals surface area contributed by atoms with Crippen LogP contribution in [0.15, 0.2) is 36.5 Å². The normalized spacial score (nSPS) is 13.4. The molecule has 0 saturated heterocycles. The van der Waals surface area contributed by atoms with Gasteiger partial charge < -0.3 is 20.3 Å². The number of allylic oxidation sites excluding steroid dienone is 6. The fraction of sp³-hybridized carbons (Fsp3) is 0.857. The fourth-order valence-electron chi connectivity index (χ4n) is 8.32. The Labute approximate surface area is 385 Å². The van der Waals surface area contributed by atoms with Crippen molar-refractivity contribution >= 4 is 11.9 Å². The summed E-state index contributed by atoms with van der Waals surface area (Å²) in [5.74, 6) is -0.487. The summed E-state index contributed by atoms with van der Waals surface area (Å²) in [4.78, 5) is 26.2. The van der Waals surface area contributed by atoms with Crippen LogP contribution in [0.1, 0.15) is 284 Å². The van der Waals surface area contributed by atoms with Crippen LogP contribution in [-0.4, -0.2) is 46.9 Å². The van der Waals surface area contributed by atoms with Crippen LogP contribution < -0.4 is 5.32 Å². The summed E-state index contributed by atoms with van der Waals surface area (Å²) in [5, 5.41) is 23.8. The predicted octanol–water partition coefficient (Wildman–Crippen LogP) is 16.5. The average molecular weight is 872 g/mol. The zero-order chi connectivity index (χ0) is 45.2. The van der Waals surface area contributed by atoms with E-state index in [0.717, 1.165) is 70.6 Å². The molecule has 0 saturated carbocycles. The standard InChI is InChI=1S/C56H105NO5/c1-4-7-10-13-16-19-22-24-26-27-29-31-34-37-40-43-46-49-56(61)62-52(47-44-41-38-35-32-21-18-15-12-9-6-3)50-55(60)57-53(51-58)54(59)48-45-42-39-36-33-30-28-25-23-20-17-14-11-8-5-2/h16,19,24,26,29,31,52-54,58-59H,4-15,17-18,20-23,25,27-28,30,32-51H2,1-3H3,(H,57,60)/b19-16-,26-24-,31-29-. The summed E-state index contributed by atoms with van der Waals surface area (Å²) in [7, 11) is 0. The monoisotopic (exact) mass is 872 g/mol. The highest BCUT2D eigenvalue weighted by Crippen LogP contribution is 2.18. The minimum atomic E-state index is -0.789. The molecule has 0 bridgehead atoms. The first-order chi connectivity index (χ1) is 30.5. The zero-order valence-corrected chi connectivity index (χ0v) is 41.5. The summed E-state index contributed by atoms with van der Waals surface area (Å²) in [6.07, 6.45) is 59.2. The third-order valence-electron chi connectivity index (χ3n) is 12.5. The molecule has 0 aliphatic heterocycles. The summed E-state index contributed by atoms with van der Waals surface area (Å²) >= 11 is 0. The van der Waals surface area contributed by atoms with Gasteiger partial charge in [0.2, 0.25) is 5.91 Å². The highest BCUT2D eigenvalue weighted by atomic mass is 16.5. The molecular weight excluding hydrogens is 767 g/mol. The molecule has 3 unspecified atom stereocenters. The summed E-state index contributed by atoms with van der Waals surface area (Å²) in [6, 6.07) is -0.703. The molecule has 0 aromatic rings. The van der Waals surface area contributed by atoms with Crippen LogP contribution in [0.2, 0.25) is 0 Å². The number of hydrogen-bond acceptors (Lipinski definition) is 5. The average Bonchev–Trinajstić information content (AvgIpc) is 3.26. The van der Waals surface area contributed by atoms with Gasteiger partial charge in [-0.1, -0.05) is 243 Å². The van der Waals surface area contributed by atoms with Crippen molar-refractivity contribution in [3.05, 3.63) is 36.5 Å². The molecule has 0 aromatic carbocycles. The van der Waals surface area contributed by atoms with Crippen LogP contribution in [0.3, 0.4) is 0 Å². The van der Waals surface area contributed by atoms with Crippen molar-refractivity contribution in [2.24, 2.45) is 0 Å². The van der Waals surface area contributed by atoms with E-state index in [1.54, 1.807) is 0 Å². The van der Waals surface area contributed by atoms with Gasteiger partial charge in [0.05, 0.1) is 25.2 Å². The second-order valence-electron chi connectivity index (χ2n) is 18.6. The highest BCUT2D eigenvalue weighted by molar-refractivity contribution is 5.77. The van der Waals surface area contributed by atoms with E-state index >= 15 is 0 Å². The molecule has 0 radical (unpaired) electrons. The van der Waals surface area contributed by atoms with E-state index in [-0.39, 0.29) is 24.9 Å². The number of nitrogens with one attached hydrogen (secondary N) is 1. The molecule has 0 heterocycles. The molecule has 1 amide bonds. The molecule has 62 heavy (non-hydrogen) atoms. The van der Waals surface area contributed by atoms with Crippen LogP contribution in [0.25, 0.3) is 0 Å². The highest BCUT2D eigenvalue weighted by Gasteiger charge is 2.24. The summed E-state index contributed by atoms with van der Waals surface area (Å²) < 4.78 is 5.93. The maximum absolute atomic E-state index is 13.2. The van der Waals surface area contributed by atoms with E-state index in [1.165, 1.54) is 167 Å². The van der Waals surface area contributed by atoms with Gasteiger partial charge in [-0.05, 0) is 64.2 Å². The van der Waals surface area contributed by atoms with Gasteiger partial charge in [-0.25, -0.2) is 0 Å². The molecule has 3 N–H and O–H groups in total. The minimum absolute atomic E-state index is 0.0724. The van der Waals surface area contributed by atoms with Gasteiger partial charge in [0.1, 0.15) is 6.10 Å². The predicted molar refractivity (Wildman–Crippen MR) is 269 cm³/mol. The van der Waals surface area contributed by atoms with Crippen LogP contribution in [0.4, 0.5) is 0 Å². The van der Waals surface area contributed by atoms with Crippen molar-refractivity contribution in [1.82, 2.24) is 5.32 Å². The molecule has 364 valence electrons. The van der Waals surface area contributed by atoms with Gasteiger partial charge in [0, 0.05) is 6.42 Å². The van der Waals surface area contributed by atoms with Gasteiger partial charge in [0.25, 0.3) is 0 Å². The lowest BCUT2D eigenvalue weighted by Crippen LogP contribution is -2.46. The van der Waals surface area contributed by atoms with E-state index in [9.17, 15) is 19.8 Å². The Bertz CT molecular complexity index is 1020. The number of carbonyl (C=O) groups is 2. The first-order valence-electron chi connectivity index (χ1n) is 27.2. The number of rotatable bonds is 49. The lowest BCUT2D eigenvalue weighted by molar-refractivity contribution is -0.151. The molecule has 0 aliphatic rings. The molecule has 0 aromatic heterocycles. The van der Waals surface area contributed by atoms with Crippen molar-refractivity contribution in [1.29, 1.82) is 0 Å². The lowest BCUT2D eigenvalue weighted by atomic mass is 10.0. The zero-order valence-electron chi connectivity index (χ0n) is 41.5. The molecule has 6 heteroatoms. The Kier molecular flexibility index (Phi) is 48.5. The number of amides is 1. The Hall–Kier alpha value is -1.92. The summed E-state index contributed by atoms with van der Waals surface area (Å²) in [5.41, 5.74) is 0. The summed E-state index contributed by atoms with van der Waals surface area (Å²) in [6.45, 7) is 6.47. The second-order valence-corrected chi connectivity index (χ2v) is 18.6. The number of hydrogen-bond donors (Lipinski definition) is 3. The number of aliphatic hydroxyl groups excluding tert-OH is 2. The van der Waals surface area contributed by atoms with E-state index in [2.05, 4.69) is 62.5 Å². The quantitative estimate of drug-likeness (QED) is 0.0321. The van der Waals surface area contributed by atoms with Crippen molar-refractivity contribution in [2.75, 3.05) is 6.61 Å². The number of unbranched alkanes of at least 4 members (excludes halogenated alkanes) is 31. The second kappa shape index (κ2) is 50.1. The molecule has 0 fully saturated rings. The Balaban J connectivity index is 4.52. The number of carbonyl (C=O) groups excluding carboxylic acids is 2. The Morgan fingerprint density at radius 2 is 0.823 bits per heavy atom. The topological polar surface area (TPSA) is 95.9 Å². The molecular formula is C56H105NO5. The molecule has 0 rings (SSSR count).